The minimum atomic E-state index is -4.71. The zero-order chi connectivity index (χ0) is 13.4. The average Bonchev–Trinajstić information content (AvgIpc) is 2.12. The van der Waals surface area contributed by atoms with E-state index < -0.39 is 31.9 Å². The first-order valence-electron chi connectivity index (χ1n) is 4.22. The summed E-state index contributed by atoms with van der Waals surface area (Å²) in [7, 11) is -9.40. The van der Waals surface area contributed by atoms with Crippen LogP contribution in [0.15, 0.2) is 9.98 Å². The van der Waals surface area contributed by atoms with Gasteiger partial charge in [-0.1, -0.05) is 6.92 Å². The molecule has 0 aliphatic carbocycles. The lowest BCUT2D eigenvalue weighted by atomic mass is 10.4. The van der Waals surface area contributed by atoms with Crippen LogP contribution in [0.2, 0.25) is 0 Å². The zero-order valence-corrected chi connectivity index (χ0v) is 10.2. The zero-order valence-electron chi connectivity index (χ0n) is 8.55. The summed E-state index contributed by atoms with van der Waals surface area (Å²) in [5.41, 5.74) is 5.26. The van der Waals surface area contributed by atoms with E-state index in [9.17, 15) is 16.8 Å². The molecule has 1 heterocycles. The van der Waals surface area contributed by atoms with Crippen LogP contribution in [-0.2, 0) is 20.4 Å². The first-order valence-corrected chi connectivity index (χ1v) is 7.06. The van der Waals surface area contributed by atoms with Crippen molar-refractivity contribution < 1.29 is 25.9 Å². The number of hydrogen-bond donors (Lipinski definition) is 3. The van der Waals surface area contributed by atoms with Gasteiger partial charge in [0.1, 0.15) is 5.84 Å². The Morgan fingerprint density at radius 1 is 1.35 bits per heavy atom. The summed E-state index contributed by atoms with van der Waals surface area (Å²) in [6.45, 7) is 1.46. The van der Waals surface area contributed by atoms with E-state index in [1.807, 2.05) is 0 Å². The predicted octanol–water partition coefficient (Wildman–Crippen LogP) is -1.60. The number of aliphatic imine (C=N–C) groups is 2. The molecule has 1 atom stereocenters. The molecule has 0 aromatic carbocycles. The topological polar surface area (TPSA) is 163 Å². The van der Waals surface area contributed by atoms with Crippen molar-refractivity contribution in [3.8, 4) is 0 Å². The van der Waals surface area contributed by atoms with Crippen LogP contribution < -0.4 is 5.73 Å². The average molecular weight is 286 g/mol. The molecule has 0 saturated carbocycles. The largest absolute Gasteiger partial charge is 0.363 e. The molecule has 0 spiro atoms. The molecule has 17 heavy (non-hydrogen) atoms. The molecule has 0 aromatic heterocycles. The molecule has 1 rings (SSSR count). The van der Waals surface area contributed by atoms with Gasteiger partial charge in [0.15, 0.2) is 6.29 Å². The van der Waals surface area contributed by atoms with Gasteiger partial charge in [0, 0.05) is 6.42 Å². The Kier molecular flexibility index (Phi) is 3.54. The summed E-state index contributed by atoms with van der Waals surface area (Å²) >= 11 is 0. The van der Waals surface area contributed by atoms with Crippen molar-refractivity contribution in [2.45, 2.75) is 19.6 Å². The number of nitrogens with two attached hydrogens (primary N) is 1. The number of rotatable bonds is 2. The molecule has 12 heteroatoms. The third kappa shape index (κ3) is 2.98. The Bertz CT molecular complexity index is 576. The molecule has 1 unspecified atom stereocenters. The number of amidine groups is 2. The summed E-state index contributed by atoms with van der Waals surface area (Å²) in [5, 5.41) is -0.998. The molecule has 0 radical (unpaired) electrons. The minimum absolute atomic E-state index is 0.0397. The maximum Gasteiger partial charge on any atom is 0.363 e. The highest BCUT2D eigenvalue weighted by molar-refractivity contribution is 8.01. The van der Waals surface area contributed by atoms with E-state index in [1.165, 1.54) is 6.92 Å². The van der Waals surface area contributed by atoms with Crippen molar-refractivity contribution in [3.05, 3.63) is 0 Å². The van der Waals surface area contributed by atoms with Crippen LogP contribution in [0.5, 0.6) is 0 Å². The van der Waals surface area contributed by atoms with Crippen molar-refractivity contribution >= 4 is 31.4 Å². The Morgan fingerprint density at radius 2 is 1.88 bits per heavy atom. The van der Waals surface area contributed by atoms with Crippen molar-refractivity contribution in [1.29, 1.82) is 0 Å². The maximum absolute atomic E-state index is 11.0. The summed E-state index contributed by atoms with van der Waals surface area (Å²) in [6.07, 6.45) is -1.74. The summed E-state index contributed by atoms with van der Waals surface area (Å²) in [4.78, 5) is 6.46. The molecule has 1 aliphatic heterocycles. The molecule has 1 aliphatic rings. The fraction of sp³-hybridized carbons (Fsp3) is 0.600. The van der Waals surface area contributed by atoms with Crippen molar-refractivity contribution in [2.75, 3.05) is 0 Å². The second kappa shape index (κ2) is 4.30. The van der Waals surface area contributed by atoms with Gasteiger partial charge in [0.2, 0.25) is 0 Å². The summed E-state index contributed by atoms with van der Waals surface area (Å²) in [6, 6.07) is 0. The molecule has 10 nitrogen and oxygen atoms in total. The molecule has 0 aromatic rings. The van der Waals surface area contributed by atoms with Crippen molar-refractivity contribution in [1.82, 2.24) is 4.31 Å². The molecule has 0 amide bonds. The third-order valence-corrected chi connectivity index (χ3v) is 3.34. The van der Waals surface area contributed by atoms with Gasteiger partial charge in [-0.3, -0.25) is 14.8 Å². The van der Waals surface area contributed by atoms with E-state index in [0.29, 0.717) is 0 Å². The molecule has 0 saturated heterocycles. The second-order valence-corrected chi connectivity index (χ2v) is 5.56. The lowest BCUT2D eigenvalue weighted by Crippen LogP contribution is -2.51. The Balaban J connectivity index is 3.34. The highest BCUT2D eigenvalue weighted by atomic mass is 32.2. The number of nitrogens with zero attached hydrogens (tertiary/aromatic N) is 3. The van der Waals surface area contributed by atoms with Crippen LogP contribution >= 0.6 is 0 Å². The monoisotopic (exact) mass is 286 g/mol. The van der Waals surface area contributed by atoms with Gasteiger partial charge in [0.25, 0.3) is 5.17 Å². The van der Waals surface area contributed by atoms with Crippen LogP contribution in [0.25, 0.3) is 0 Å². The molecule has 4 N–H and O–H groups in total. The van der Waals surface area contributed by atoms with E-state index in [1.54, 1.807) is 0 Å². The van der Waals surface area contributed by atoms with Gasteiger partial charge in [-0.15, -0.1) is 0 Å². The smallest absolute Gasteiger partial charge is 0.291 e. The van der Waals surface area contributed by atoms with Gasteiger partial charge in [-0.2, -0.15) is 21.1 Å². The van der Waals surface area contributed by atoms with E-state index in [4.69, 9.17) is 14.8 Å². The van der Waals surface area contributed by atoms with Crippen LogP contribution in [0.1, 0.15) is 13.3 Å². The fourth-order valence-corrected chi connectivity index (χ4v) is 2.35. The second-order valence-electron chi connectivity index (χ2n) is 2.96. The number of hydrogen-bond acceptors (Lipinski definition) is 7. The van der Waals surface area contributed by atoms with Gasteiger partial charge in [-0.25, -0.2) is 9.98 Å². The lowest BCUT2D eigenvalue weighted by Gasteiger charge is -2.28. The van der Waals surface area contributed by atoms with Crippen LogP contribution in [-0.4, -0.2) is 47.5 Å². The van der Waals surface area contributed by atoms with Crippen LogP contribution in [0.4, 0.5) is 0 Å². The molecule has 98 valence electrons. The fourth-order valence-electron chi connectivity index (χ4n) is 1.14. The highest BCUT2D eigenvalue weighted by Gasteiger charge is 2.34. The van der Waals surface area contributed by atoms with Gasteiger partial charge in [-0.05, 0) is 0 Å². The standard InChI is InChI=1S/C5H10N4O6S2/c1-2-3-7-5(16(10,11)12)8-4(6)9(3)17(13,14)15/h4H,2,6H2,1H3,(H,10,11,12)(H,13,14,15). The van der Waals surface area contributed by atoms with Crippen molar-refractivity contribution in [2.24, 2.45) is 15.7 Å². The van der Waals surface area contributed by atoms with Gasteiger partial charge < -0.3 is 0 Å². The molecule has 0 bridgehead atoms. The van der Waals surface area contributed by atoms with E-state index in [-0.39, 0.29) is 16.6 Å². The predicted molar refractivity (Wildman–Crippen MR) is 58.1 cm³/mol. The molecular weight excluding hydrogens is 276 g/mol. The van der Waals surface area contributed by atoms with Gasteiger partial charge in [0.05, 0.1) is 0 Å². The quantitative estimate of drug-likeness (QED) is 0.514. The normalized spacial score (nSPS) is 22.1. The van der Waals surface area contributed by atoms with E-state index in [0.717, 1.165) is 0 Å². The van der Waals surface area contributed by atoms with E-state index >= 15 is 0 Å². The Hall–Kier alpha value is -1.08. The van der Waals surface area contributed by atoms with Gasteiger partial charge >= 0.3 is 20.4 Å². The van der Waals surface area contributed by atoms with Crippen LogP contribution in [0, 0.1) is 0 Å². The first-order chi connectivity index (χ1) is 7.57. The van der Waals surface area contributed by atoms with Crippen LogP contribution in [0.3, 0.4) is 0 Å². The summed E-state index contributed by atoms with van der Waals surface area (Å²) in [5.74, 6) is -0.345. The minimum Gasteiger partial charge on any atom is -0.291 e. The van der Waals surface area contributed by atoms with E-state index in [2.05, 4.69) is 9.98 Å². The third-order valence-electron chi connectivity index (χ3n) is 1.76. The Labute approximate surface area is 97.5 Å². The molecule has 0 fully saturated rings. The SMILES string of the molecule is CCC1=NC(S(=O)(=O)O)=NC(N)N1S(=O)(=O)O. The maximum atomic E-state index is 11.0. The summed E-state index contributed by atoms with van der Waals surface area (Å²) < 4.78 is 61.3. The van der Waals surface area contributed by atoms with Crippen molar-refractivity contribution in [3.63, 3.8) is 0 Å². The molecular formula is C5H10N4O6S2. The lowest BCUT2D eigenvalue weighted by molar-refractivity contribution is 0.372. The first kappa shape index (κ1) is 14.0. The highest BCUT2D eigenvalue weighted by Crippen LogP contribution is 2.14. The Morgan fingerprint density at radius 3 is 2.24 bits per heavy atom.